The summed E-state index contributed by atoms with van der Waals surface area (Å²) in [6.45, 7) is 4.50. The van der Waals surface area contributed by atoms with E-state index in [1.807, 2.05) is 32.0 Å². The topological polar surface area (TPSA) is 106 Å². The third-order valence-corrected chi connectivity index (χ3v) is 4.82. The molecule has 0 aliphatic heterocycles. The number of carbonyl (C=O) groups is 1. The van der Waals surface area contributed by atoms with Crippen molar-refractivity contribution in [1.82, 2.24) is 19.7 Å². The number of nitrogens with two attached hydrogens (primary N) is 1. The van der Waals surface area contributed by atoms with Crippen molar-refractivity contribution in [3.05, 3.63) is 76.0 Å². The third kappa shape index (κ3) is 3.18. The molecule has 0 radical (unpaired) electrons. The molecule has 3 N–H and O–H groups in total. The molecule has 8 nitrogen and oxygen atoms in total. The largest absolute Gasteiger partial charge is 0.352 e. The first kappa shape index (κ1) is 18.5. The molecule has 4 heterocycles. The average Bonchev–Trinajstić information content (AvgIpc) is 2.72. The van der Waals surface area contributed by atoms with Gasteiger partial charge in [0, 0.05) is 36.3 Å². The Bertz CT molecular complexity index is 1300. The third-order valence-electron chi connectivity index (χ3n) is 4.82. The van der Waals surface area contributed by atoms with Gasteiger partial charge in [0.25, 0.3) is 17.1 Å². The Hall–Kier alpha value is -3.81. The van der Waals surface area contributed by atoms with Crippen molar-refractivity contribution in [3.8, 4) is 0 Å². The van der Waals surface area contributed by atoms with Crippen molar-refractivity contribution in [3.63, 3.8) is 0 Å². The van der Waals surface area contributed by atoms with E-state index in [2.05, 4.69) is 10.3 Å². The van der Waals surface area contributed by atoms with Crippen LogP contribution in [0.1, 0.15) is 28.4 Å². The highest BCUT2D eigenvalue weighted by atomic mass is 16.1. The molecule has 0 spiro atoms. The Morgan fingerprint density at radius 2 is 2.14 bits per heavy atom. The average molecular weight is 389 g/mol. The highest BCUT2D eigenvalue weighted by molar-refractivity contribution is 6.00. The number of fused-ring (bicyclic) bond motifs is 2. The lowest BCUT2D eigenvalue weighted by Gasteiger charge is -2.12. The molecule has 4 aromatic rings. The number of pyridine rings is 3. The van der Waals surface area contributed by atoms with Crippen LogP contribution in [-0.2, 0) is 6.54 Å². The van der Waals surface area contributed by atoms with Crippen LogP contribution in [0.4, 0.5) is 5.82 Å². The molecule has 4 rings (SSSR count). The van der Waals surface area contributed by atoms with Crippen molar-refractivity contribution < 1.29 is 9.36 Å². The highest BCUT2D eigenvalue weighted by Crippen LogP contribution is 2.16. The lowest BCUT2D eigenvalue weighted by atomic mass is 10.1. The Balaban J connectivity index is 2.09. The molecule has 0 saturated carbocycles. The summed E-state index contributed by atoms with van der Waals surface area (Å²) in [4.78, 5) is 34.7. The maximum atomic E-state index is 13.2. The summed E-state index contributed by atoms with van der Waals surface area (Å²) in [5.41, 5.74) is 9.11. The molecule has 0 unspecified atom stereocenters. The van der Waals surface area contributed by atoms with Crippen molar-refractivity contribution in [2.45, 2.75) is 20.4 Å². The van der Waals surface area contributed by atoms with E-state index in [9.17, 15) is 9.59 Å². The van der Waals surface area contributed by atoms with Crippen molar-refractivity contribution in [2.75, 3.05) is 12.3 Å². The quantitative estimate of drug-likeness (QED) is 0.403. The molecule has 1 amide bonds. The van der Waals surface area contributed by atoms with E-state index in [4.69, 9.17) is 10.7 Å². The van der Waals surface area contributed by atoms with Gasteiger partial charge in [0.1, 0.15) is 10.9 Å². The number of aryl methyl sites for hydroxylation is 1. The Kier molecular flexibility index (Phi) is 4.67. The summed E-state index contributed by atoms with van der Waals surface area (Å²) in [5, 5.41) is 3.08. The van der Waals surface area contributed by atoms with E-state index in [1.54, 1.807) is 29.2 Å². The van der Waals surface area contributed by atoms with Gasteiger partial charge >= 0.3 is 0 Å². The summed E-state index contributed by atoms with van der Waals surface area (Å²) < 4.78 is 3.19. The molecule has 0 saturated heterocycles. The number of rotatable bonds is 4. The first-order valence-corrected chi connectivity index (χ1v) is 9.32. The standard InChI is InChI=1S/C21H20N6O2/c1-3-24-20(28)15-10-16-19(25-18-13(2)6-5-9-26(18)21(16)29)27(17(15)22)12-14-7-4-8-23-11-14/h4-11,22H,3,12H2,1-2H3,(H,24,28)/p+1. The lowest BCUT2D eigenvalue weighted by molar-refractivity contribution is -0.649. The Labute approximate surface area is 166 Å². The number of amides is 1. The molecule has 29 heavy (non-hydrogen) atoms. The van der Waals surface area contributed by atoms with Crippen LogP contribution in [0.5, 0.6) is 0 Å². The maximum Gasteiger partial charge on any atom is 0.278 e. The van der Waals surface area contributed by atoms with Gasteiger partial charge in [-0.1, -0.05) is 17.1 Å². The van der Waals surface area contributed by atoms with Gasteiger partial charge in [-0.25, -0.2) is 4.57 Å². The van der Waals surface area contributed by atoms with Crippen molar-refractivity contribution >= 4 is 28.4 Å². The van der Waals surface area contributed by atoms with Crippen LogP contribution < -0.4 is 21.2 Å². The minimum atomic E-state index is -0.333. The summed E-state index contributed by atoms with van der Waals surface area (Å²) in [6, 6.07) is 8.95. The van der Waals surface area contributed by atoms with E-state index in [0.717, 1.165) is 11.1 Å². The number of nitrogens with one attached hydrogen (secondary N) is 1. The second-order valence-electron chi connectivity index (χ2n) is 6.79. The molecule has 4 aromatic heterocycles. The number of nitrogens with zero attached hydrogens (tertiary/aromatic N) is 4. The van der Waals surface area contributed by atoms with Crippen molar-refractivity contribution in [1.29, 1.82) is 0 Å². The number of aromatic nitrogens is 4. The monoisotopic (exact) mass is 389 g/mol. The minimum absolute atomic E-state index is 0.245. The van der Waals surface area contributed by atoms with Gasteiger partial charge in [0.05, 0.1) is 6.54 Å². The second-order valence-corrected chi connectivity index (χ2v) is 6.79. The number of carbonyl (C=O) groups excluding carboxylic acids is 1. The van der Waals surface area contributed by atoms with Crippen LogP contribution in [0.15, 0.2) is 53.7 Å². The van der Waals surface area contributed by atoms with E-state index in [-0.39, 0.29) is 22.8 Å². The lowest BCUT2D eigenvalue weighted by Crippen LogP contribution is -2.43. The Morgan fingerprint density at radius 1 is 1.31 bits per heavy atom. The van der Waals surface area contributed by atoms with E-state index in [0.29, 0.717) is 29.8 Å². The zero-order valence-corrected chi connectivity index (χ0v) is 16.2. The molecule has 8 heteroatoms. The molecular formula is C21H21N6O2+. The highest BCUT2D eigenvalue weighted by Gasteiger charge is 2.24. The van der Waals surface area contributed by atoms with Crippen LogP contribution in [0.25, 0.3) is 16.7 Å². The van der Waals surface area contributed by atoms with Crippen LogP contribution in [0.3, 0.4) is 0 Å². The SMILES string of the molecule is CCNC(=O)c1cc2c(=O)n3cccc(C)c3nc2[n+](Cc2cccnc2)c1N. The van der Waals surface area contributed by atoms with Gasteiger partial charge in [-0.15, -0.1) is 0 Å². The summed E-state index contributed by atoms with van der Waals surface area (Å²) in [6.07, 6.45) is 5.07. The Morgan fingerprint density at radius 3 is 2.86 bits per heavy atom. The maximum absolute atomic E-state index is 13.2. The number of nitrogen functional groups attached to an aromatic ring is 1. The molecule has 0 bridgehead atoms. The van der Waals surface area contributed by atoms with Crippen LogP contribution in [0, 0.1) is 6.92 Å². The number of hydrogen-bond acceptors (Lipinski definition) is 5. The smallest absolute Gasteiger partial charge is 0.278 e. The fourth-order valence-electron chi connectivity index (χ4n) is 3.38. The first-order valence-electron chi connectivity index (χ1n) is 9.32. The molecule has 0 fully saturated rings. The van der Waals surface area contributed by atoms with E-state index >= 15 is 0 Å². The summed E-state index contributed by atoms with van der Waals surface area (Å²) >= 11 is 0. The molecule has 0 atom stereocenters. The molecule has 0 aliphatic rings. The first-order chi connectivity index (χ1) is 14.0. The van der Waals surface area contributed by atoms with Gasteiger partial charge in [-0.2, -0.15) is 0 Å². The number of hydrogen-bond donors (Lipinski definition) is 2. The molecule has 0 aliphatic carbocycles. The normalized spacial score (nSPS) is 11.1. The fourth-order valence-corrected chi connectivity index (χ4v) is 3.38. The molecular weight excluding hydrogens is 368 g/mol. The van der Waals surface area contributed by atoms with Crippen LogP contribution >= 0.6 is 0 Å². The minimum Gasteiger partial charge on any atom is -0.352 e. The zero-order valence-electron chi connectivity index (χ0n) is 16.2. The summed E-state index contributed by atoms with van der Waals surface area (Å²) in [7, 11) is 0. The predicted octanol–water partition coefficient (Wildman–Crippen LogP) is 1.22. The summed E-state index contributed by atoms with van der Waals surface area (Å²) in [5.74, 6) is -0.0855. The fraction of sp³-hybridized carbons (Fsp3) is 0.190. The van der Waals surface area contributed by atoms with Gasteiger partial charge in [-0.05, 0) is 32.0 Å². The molecule has 0 aromatic carbocycles. The van der Waals surface area contributed by atoms with Crippen molar-refractivity contribution in [2.24, 2.45) is 0 Å². The number of anilines is 1. The van der Waals surface area contributed by atoms with E-state index in [1.165, 1.54) is 10.5 Å². The van der Waals surface area contributed by atoms with E-state index < -0.39 is 0 Å². The van der Waals surface area contributed by atoms with Gasteiger partial charge < -0.3 is 11.1 Å². The zero-order chi connectivity index (χ0) is 20.5. The van der Waals surface area contributed by atoms with Crippen LogP contribution in [0.2, 0.25) is 0 Å². The van der Waals surface area contributed by atoms with Gasteiger partial charge in [-0.3, -0.25) is 19.0 Å². The van der Waals surface area contributed by atoms with Crippen LogP contribution in [-0.4, -0.2) is 26.8 Å². The molecule has 146 valence electrons. The van der Waals surface area contributed by atoms with Gasteiger partial charge in [0.15, 0.2) is 0 Å². The second kappa shape index (κ2) is 7.31. The van der Waals surface area contributed by atoms with Gasteiger partial charge in [0.2, 0.25) is 11.5 Å². The predicted molar refractivity (Wildman–Crippen MR) is 110 cm³/mol.